The molecule has 0 amide bonds. The van der Waals surface area contributed by atoms with E-state index in [0.29, 0.717) is 6.54 Å². The van der Waals surface area contributed by atoms with E-state index in [1.807, 2.05) is 11.3 Å². The standard InChI is InChI=1S/C14H24N4S/c1-2-17-5-7-18(8-6-17)10-13-16-14(11-3-4-11)12(9-15)19-13/h11H,2-10,15H2,1H3. The van der Waals surface area contributed by atoms with Crippen molar-refractivity contribution in [2.24, 2.45) is 5.73 Å². The zero-order valence-electron chi connectivity index (χ0n) is 11.8. The largest absolute Gasteiger partial charge is 0.326 e. The van der Waals surface area contributed by atoms with Gasteiger partial charge in [-0.3, -0.25) is 4.90 Å². The predicted molar refractivity (Wildman–Crippen MR) is 79.4 cm³/mol. The van der Waals surface area contributed by atoms with E-state index in [-0.39, 0.29) is 0 Å². The van der Waals surface area contributed by atoms with Crippen molar-refractivity contribution in [1.29, 1.82) is 0 Å². The lowest BCUT2D eigenvalue weighted by Crippen LogP contribution is -2.45. The molecule has 4 nitrogen and oxygen atoms in total. The Labute approximate surface area is 119 Å². The number of aromatic nitrogens is 1. The van der Waals surface area contributed by atoms with Crippen molar-refractivity contribution in [2.45, 2.75) is 38.8 Å². The lowest BCUT2D eigenvalue weighted by atomic mass is 10.2. The highest BCUT2D eigenvalue weighted by Crippen LogP contribution is 2.42. The molecule has 0 aromatic carbocycles. The van der Waals surface area contributed by atoms with Gasteiger partial charge in [-0.2, -0.15) is 0 Å². The molecular weight excluding hydrogens is 256 g/mol. The van der Waals surface area contributed by atoms with Gasteiger partial charge in [0.15, 0.2) is 0 Å². The second-order valence-corrected chi connectivity index (χ2v) is 6.77. The minimum atomic E-state index is 0.660. The zero-order valence-corrected chi connectivity index (χ0v) is 12.6. The number of hydrogen-bond acceptors (Lipinski definition) is 5. The average molecular weight is 280 g/mol. The summed E-state index contributed by atoms with van der Waals surface area (Å²) in [5.41, 5.74) is 7.16. The fourth-order valence-electron chi connectivity index (χ4n) is 2.76. The molecule has 0 spiro atoms. The Hall–Kier alpha value is -0.490. The first-order valence-electron chi connectivity index (χ1n) is 7.43. The Bertz CT molecular complexity index is 419. The highest BCUT2D eigenvalue weighted by atomic mass is 32.1. The average Bonchev–Trinajstić information content (AvgIpc) is 3.21. The van der Waals surface area contributed by atoms with Crippen LogP contribution in [-0.2, 0) is 13.1 Å². The molecule has 3 rings (SSSR count). The molecule has 1 saturated carbocycles. The van der Waals surface area contributed by atoms with E-state index in [1.165, 1.54) is 61.1 Å². The smallest absolute Gasteiger partial charge is 0.107 e. The molecule has 1 aliphatic carbocycles. The summed E-state index contributed by atoms with van der Waals surface area (Å²) in [4.78, 5) is 11.2. The molecule has 2 N–H and O–H groups in total. The fraction of sp³-hybridized carbons (Fsp3) is 0.786. The highest BCUT2D eigenvalue weighted by Gasteiger charge is 2.29. The first-order valence-corrected chi connectivity index (χ1v) is 8.25. The molecule has 2 fully saturated rings. The summed E-state index contributed by atoms with van der Waals surface area (Å²) in [5, 5.41) is 1.27. The maximum atomic E-state index is 5.85. The molecule has 5 heteroatoms. The minimum Gasteiger partial charge on any atom is -0.326 e. The van der Waals surface area contributed by atoms with Gasteiger partial charge in [-0.15, -0.1) is 11.3 Å². The summed E-state index contributed by atoms with van der Waals surface area (Å²) in [5.74, 6) is 0.723. The van der Waals surface area contributed by atoms with E-state index in [0.717, 1.165) is 12.5 Å². The first kappa shape index (κ1) is 13.5. The second-order valence-electron chi connectivity index (χ2n) is 5.60. The summed E-state index contributed by atoms with van der Waals surface area (Å²) in [6.45, 7) is 9.83. The van der Waals surface area contributed by atoms with Gasteiger partial charge in [0.25, 0.3) is 0 Å². The number of piperazine rings is 1. The molecule has 2 heterocycles. The van der Waals surface area contributed by atoms with Gasteiger partial charge in [0.05, 0.1) is 12.2 Å². The van der Waals surface area contributed by atoms with Gasteiger partial charge < -0.3 is 10.6 Å². The monoisotopic (exact) mass is 280 g/mol. The molecule has 0 bridgehead atoms. The molecule has 1 saturated heterocycles. The molecule has 106 valence electrons. The van der Waals surface area contributed by atoms with Gasteiger partial charge in [0.1, 0.15) is 5.01 Å². The number of nitrogens with zero attached hydrogens (tertiary/aromatic N) is 3. The molecule has 19 heavy (non-hydrogen) atoms. The van der Waals surface area contributed by atoms with E-state index >= 15 is 0 Å². The van der Waals surface area contributed by atoms with Gasteiger partial charge in [0.2, 0.25) is 0 Å². The topological polar surface area (TPSA) is 45.4 Å². The van der Waals surface area contributed by atoms with Crippen LogP contribution in [0.25, 0.3) is 0 Å². The van der Waals surface area contributed by atoms with E-state index < -0.39 is 0 Å². The van der Waals surface area contributed by atoms with Crippen molar-refractivity contribution in [1.82, 2.24) is 14.8 Å². The van der Waals surface area contributed by atoms with Crippen LogP contribution in [0.3, 0.4) is 0 Å². The molecular formula is C14H24N4S. The van der Waals surface area contributed by atoms with Crippen LogP contribution in [0.15, 0.2) is 0 Å². The van der Waals surface area contributed by atoms with Crippen LogP contribution in [0.4, 0.5) is 0 Å². The van der Waals surface area contributed by atoms with Gasteiger partial charge in [-0.25, -0.2) is 4.98 Å². The SMILES string of the molecule is CCN1CCN(Cc2nc(C3CC3)c(CN)s2)CC1. The summed E-state index contributed by atoms with van der Waals surface area (Å²) < 4.78 is 0. The Morgan fingerprint density at radius 3 is 2.47 bits per heavy atom. The van der Waals surface area contributed by atoms with Crippen molar-refractivity contribution < 1.29 is 0 Å². The van der Waals surface area contributed by atoms with E-state index in [2.05, 4.69) is 16.7 Å². The Kier molecular flexibility index (Phi) is 4.17. The number of nitrogens with two attached hydrogens (primary N) is 1. The maximum Gasteiger partial charge on any atom is 0.107 e. The third-order valence-corrected chi connectivity index (χ3v) is 5.27. The first-order chi connectivity index (χ1) is 9.30. The van der Waals surface area contributed by atoms with Gasteiger partial charge in [0, 0.05) is 43.5 Å². The maximum absolute atomic E-state index is 5.85. The van der Waals surface area contributed by atoms with Crippen molar-refractivity contribution in [3.05, 3.63) is 15.6 Å². The van der Waals surface area contributed by atoms with Gasteiger partial charge in [-0.05, 0) is 19.4 Å². The lowest BCUT2D eigenvalue weighted by molar-refractivity contribution is 0.132. The van der Waals surface area contributed by atoms with Gasteiger partial charge >= 0.3 is 0 Å². The third kappa shape index (κ3) is 3.16. The van der Waals surface area contributed by atoms with Crippen molar-refractivity contribution in [2.75, 3.05) is 32.7 Å². The molecule has 1 aromatic heterocycles. The van der Waals surface area contributed by atoms with E-state index in [1.54, 1.807) is 0 Å². The van der Waals surface area contributed by atoms with Crippen LogP contribution < -0.4 is 5.73 Å². The van der Waals surface area contributed by atoms with Crippen LogP contribution in [0.1, 0.15) is 41.3 Å². The van der Waals surface area contributed by atoms with Crippen molar-refractivity contribution in [3.63, 3.8) is 0 Å². The quantitative estimate of drug-likeness (QED) is 0.890. The predicted octanol–water partition coefficient (Wildman–Crippen LogP) is 1.62. The summed E-state index contributed by atoms with van der Waals surface area (Å²) in [6.07, 6.45) is 2.62. The lowest BCUT2D eigenvalue weighted by Gasteiger charge is -2.33. The summed E-state index contributed by atoms with van der Waals surface area (Å²) in [7, 11) is 0. The zero-order chi connectivity index (χ0) is 13.2. The Morgan fingerprint density at radius 1 is 1.21 bits per heavy atom. The molecule has 1 aliphatic heterocycles. The van der Waals surface area contributed by atoms with Crippen LogP contribution in [-0.4, -0.2) is 47.5 Å². The van der Waals surface area contributed by atoms with Gasteiger partial charge in [-0.1, -0.05) is 6.92 Å². The van der Waals surface area contributed by atoms with Crippen LogP contribution in [0.5, 0.6) is 0 Å². The number of rotatable bonds is 5. The number of hydrogen-bond donors (Lipinski definition) is 1. The molecule has 0 radical (unpaired) electrons. The van der Waals surface area contributed by atoms with E-state index in [9.17, 15) is 0 Å². The van der Waals surface area contributed by atoms with Crippen molar-refractivity contribution in [3.8, 4) is 0 Å². The Balaban J connectivity index is 1.60. The Morgan fingerprint density at radius 2 is 1.89 bits per heavy atom. The number of thiazole rings is 1. The summed E-state index contributed by atoms with van der Waals surface area (Å²) in [6, 6.07) is 0. The third-order valence-electron chi connectivity index (χ3n) is 4.19. The minimum absolute atomic E-state index is 0.660. The molecule has 0 atom stereocenters. The summed E-state index contributed by atoms with van der Waals surface area (Å²) >= 11 is 1.84. The van der Waals surface area contributed by atoms with Crippen LogP contribution in [0, 0.1) is 0 Å². The number of likely N-dealkylation sites (N-methyl/N-ethyl adjacent to an activating group) is 1. The van der Waals surface area contributed by atoms with Crippen molar-refractivity contribution >= 4 is 11.3 Å². The molecule has 1 aromatic rings. The molecule has 2 aliphatic rings. The molecule has 0 unspecified atom stereocenters. The fourth-order valence-corrected chi connectivity index (χ4v) is 3.83. The normalized spacial score (nSPS) is 22.0. The van der Waals surface area contributed by atoms with Crippen LogP contribution in [0.2, 0.25) is 0 Å². The second kappa shape index (κ2) is 5.87. The van der Waals surface area contributed by atoms with E-state index in [4.69, 9.17) is 10.7 Å². The highest BCUT2D eigenvalue weighted by molar-refractivity contribution is 7.11. The van der Waals surface area contributed by atoms with Crippen LogP contribution >= 0.6 is 11.3 Å².